The molecule has 0 heterocycles. The lowest BCUT2D eigenvalue weighted by molar-refractivity contribution is -0.386. The molecule has 6 nitrogen and oxygen atoms in total. The number of hydrogen-bond acceptors (Lipinski definition) is 5. The summed E-state index contributed by atoms with van der Waals surface area (Å²) in [6, 6.07) is 3.08. The maximum atomic E-state index is 11.6. The minimum absolute atomic E-state index is 0.0109. The Bertz CT molecular complexity index is 542. The predicted molar refractivity (Wildman–Crippen MR) is 76.8 cm³/mol. The molecule has 0 unspecified atom stereocenters. The van der Waals surface area contributed by atoms with Crippen LogP contribution in [-0.4, -0.2) is 24.6 Å². The van der Waals surface area contributed by atoms with Crippen molar-refractivity contribution < 1.29 is 19.2 Å². The molecule has 0 bridgehead atoms. The minimum atomic E-state index is -0.887. The van der Waals surface area contributed by atoms with E-state index in [9.17, 15) is 14.9 Å². The van der Waals surface area contributed by atoms with Crippen molar-refractivity contribution in [1.29, 1.82) is 0 Å². The lowest BCUT2D eigenvalue weighted by Crippen LogP contribution is -2.32. The molecule has 0 fully saturated rings. The van der Waals surface area contributed by atoms with Gasteiger partial charge in [-0.05, 0) is 32.4 Å². The quantitative estimate of drug-likeness (QED) is 0.465. The third-order valence-electron chi connectivity index (χ3n) is 2.73. The molecule has 0 aliphatic rings. The van der Waals surface area contributed by atoms with Gasteiger partial charge < -0.3 is 9.47 Å². The molecule has 7 heteroatoms. The van der Waals surface area contributed by atoms with Gasteiger partial charge in [0.15, 0.2) is 5.75 Å². The molecule has 1 rings (SSSR count). The van der Waals surface area contributed by atoms with Crippen LogP contribution in [0.15, 0.2) is 16.6 Å². The van der Waals surface area contributed by atoms with Crippen LogP contribution < -0.4 is 4.74 Å². The first kappa shape index (κ1) is 16.4. The molecule has 0 N–H and O–H groups in total. The van der Waals surface area contributed by atoms with Gasteiger partial charge in [-0.1, -0.05) is 15.9 Å². The Morgan fingerprint density at radius 2 is 2.05 bits per heavy atom. The van der Waals surface area contributed by atoms with Gasteiger partial charge >= 0.3 is 11.7 Å². The van der Waals surface area contributed by atoms with Gasteiger partial charge in [-0.2, -0.15) is 0 Å². The highest BCUT2D eigenvalue weighted by Gasteiger charge is 2.31. The average Bonchev–Trinajstić information content (AvgIpc) is 2.35. The number of carbonyl (C=O) groups excluding carboxylic acids is 1. The van der Waals surface area contributed by atoms with Crippen LogP contribution in [0, 0.1) is 22.5 Å². The highest BCUT2D eigenvalue weighted by molar-refractivity contribution is 9.10. The second-order valence-electron chi connectivity index (χ2n) is 4.99. The number of esters is 1. The molecular formula is C13H16BrNO5. The molecule has 0 aliphatic carbocycles. The number of nitro groups is 1. The van der Waals surface area contributed by atoms with Crippen LogP contribution >= 0.6 is 15.9 Å². The predicted octanol–water partition coefficient (Wildman–Crippen LogP) is 3.24. The van der Waals surface area contributed by atoms with Crippen LogP contribution in [0.25, 0.3) is 0 Å². The van der Waals surface area contributed by atoms with Crippen LogP contribution in [0.4, 0.5) is 5.69 Å². The number of hydrogen-bond donors (Lipinski definition) is 0. The number of ether oxygens (including phenoxy) is 2. The number of nitrogens with zero attached hydrogens (tertiary/aromatic N) is 1. The molecule has 0 radical (unpaired) electrons. The summed E-state index contributed by atoms with van der Waals surface area (Å²) >= 11 is 3.21. The van der Waals surface area contributed by atoms with E-state index in [0.717, 1.165) is 0 Å². The molecular weight excluding hydrogens is 330 g/mol. The highest BCUT2D eigenvalue weighted by atomic mass is 79.9. The fraction of sp³-hybridized carbons (Fsp3) is 0.462. The highest BCUT2D eigenvalue weighted by Crippen LogP contribution is 2.35. The zero-order valence-corrected chi connectivity index (χ0v) is 13.3. The van der Waals surface area contributed by atoms with Crippen LogP contribution in [0.3, 0.4) is 0 Å². The summed E-state index contributed by atoms with van der Waals surface area (Å²) in [6.07, 6.45) is 0. The van der Waals surface area contributed by atoms with E-state index in [4.69, 9.17) is 4.74 Å². The fourth-order valence-electron chi connectivity index (χ4n) is 1.62. The summed E-state index contributed by atoms with van der Waals surface area (Å²) in [5.74, 6) is -0.273. The maximum absolute atomic E-state index is 11.6. The maximum Gasteiger partial charge on any atom is 0.314 e. The fourth-order valence-corrected chi connectivity index (χ4v) is 2.18. The van der Waals surface area contributed by atoms with E-state index in [1.54, 1.807) is 26.8 Å². The lowest BCUT2D eigenvalue weighted by atomic mass is 9.95. The molecule has 1 aromatic carbocycles. The zero-order chi connectivity index (χ0) is 15.5. The smallest absolute Gasteiger partial charge is 0.314 e. The molecule has 0 aromatic heterocycles. The van der Waals surface area contributed by atoms with Gasteiger partial charge in [-0.3, -0.25) is 14.9 Å². The number of benzene rings is 1. The van der Waals surface area contributed by atoms with Crippen LogP contribution in [0.2, 0.25) is 0 Å². The standard InChI is InChI=1S/C13H16BrNO5/c1-8-5-9(14)6-10(15(17)18)11(8)20-7-13(2,3)12(16)19-4/h5-6H,7H2,1-4H3. The van der Waals surface area contributed by atoms with Crippen molar-refractivity contribution in [2.75, 3.05) is 13.7 Å². The van der Waals surface area contributed by atoms with E-state index in [0.29, 0.717) is 10.0 Å². The summed E-state index contributed by atoms with van der Waals surface area (Å²) < 4.78 is 10.8. The van der Waals surface area contributed by atoms with Gasteiger partial charge in [0.05, 0.1) is 17.4 Å². The Morgan fingerprint density at radius 3 is 2.55 bits per heavy atom. The SMILES string of the molecule is COC(=O)C(C)(C)COc1c(C)cc(Br)cc1[N+](=O)[O-]. The molecule has 1 aromatic rings. The Kier molecular flexibility index (Phi) is 5.10. The van der Waals surface area contributed by atoms with Crippen molar-refractivity contribution in [2.24, 2.45) is 5.41 Å². The van der Waals surface area contributed by atoms with E-state index < -0.39 is 16.3 Å². The van der Waals surface area contributed by atoms with Gasteiger partial charge in [-0.25, -0.2) is 0 Å². The molecule has 20 heavy (non-hydrogen) atoms. The van der Waals surface area contributed by atoms with E-state index in [2.05, 4.69) is 20.7 Å². The first-order chi connectivity index (χ1) is 9.19. The Hall–Kier alpha value is -1.63. The summed E-state index contributed by atoms with van der Waals surface area (Å²) in [7, 11) is 1.29. The molecule has 0 saturated carbocycles. The number of aryl methyl sites for hydroxylation is 1. The monoisotopic (exact) mass is 345 g/mol. The Morgan fingerprint density at radius 1 is 1.45 bits per heavy atom. The molecule has 0 atom stereocenters. The molecule has 0 amide bonds. The largest absolute Gasteiger partial charge is 0.485 e. The molecule has 0 saturated heterocycles. The summed E-state index contributed by atoms with van der Waals surface area (Å²) in [5, 5.41) is 11.1. The second kappa shape index (κ2) is 6.21. The molecule has 0 spiro atoms. The van der Waals surface area contributed by atoms with Gasteiger partial charge in [0.1, 0.15) is 6.61 Å². The van der Waals surface area contributed by atoms with Gasteiger partial charge in [0.2, 0.25) is 0 Å². The number of nitro benzene ring substituents is 1. The van der Waals surface area contributed by atoms with Crippen LogP contribution in [0.5, 0.6) is 5.75 Å². The second-order valence-corrected chi connectivity index (χ2v) is 5.91. The van der Waals surface area contributed by atoms with Crippen molar-refractivity contribution in [3.05, 3.63) is 32.3 Å². The van der Waals surface area contributed by atoms with Crippen molar-refractivity contribution in [1.82, 2.24) is 0 Å². The lowest BCUT2D eigenvalue weighted by Gasteiger charge is -2.22. The van der Waals surface area contributed by atoms with Crippen molar-refractivity contribution in [2.45, 2.75) is 20.8 Å². The number of carbonyl (C=O) groups is 1. The van der Waals surface area contributed by atoms with Crippen molar-refractivity contribution >= 4 is 27.6 Å². The average molecular weight is 346 g/mol. The molecule has 110 valence electrons. The molecule has 0 aliphatic heterocycles. The van der Waals surface area contributed by atoms with Gasteiger partial charge in [0.25, 0.3) is 0 Å². The van der Waals surface area contributed by atoms with Gasteiger partial charge in [0, 0.05) is 10.5 Å². The van der Waals surface area contributed by atoms with E-state index in [1.165, 1.54) is 13.2 Å². The summed E-state index contributed by atoms with van der Waals surface area (Å²) in [4.78, 5) is 22.1. The third kappa shape index (κ3) is 3.69. The number of halogens is 1. The first-order valence-corrected chi connectivity index (χ1v) is 6.64. The topological polar surface area (TPSA) is 78.7 Å². The number of rotatable bonds is 5. The van der Waals surface area contributed by atoms with Crippen LogP contribution in [-0.2, 0) is 9.53 Å². The minimum Gasteiger partial charge on any atom is -0.485 e. The van der Waals surface area contributed by atoms with Crippen molar-refractivity contribution in [3.63, 3.8) is 0 Å². The van der Waals surface area contributed by atoms with E-state index >= 15 is 0 Å². The Labute approximate surface area is 125 Å². The van der Waals surface area contributed by atoms with Gasteiger partial charge in [-0.15, -0.1) is 0 Å². The Balaban J connectivity index is 3.04. The summed E-state index contributed by atoms with van der Waals surface area (Å²) in [5.41, 5.74) is -0.411. The van der Waals surface area contributed by atoms with Crippen LogP contribution in [0.1, 0.15) is 19.4 Å². The summed E-state index contributed by atoms with van der Waals surface area (Å²) in [6.45, 7) is 5.00. The van der Waals surface area contributed by atoms with E-state index in [1.807, 2.05) is 0 Å². The normalized spacial score (nSPS) is 11.1. The third-order valence-corrected chi connectivity index (χ3v) is 3.19. The van der Waals surface area contributed by atoms with Crippen molar-refractivity contribution in [3.8, 4) is 5.75 Å². The van der Waals surface area contributed by atoms with E-state index in [-0.39, 0.29) is 18.0 Å². The number of methoxy groups -OCH3 is 1. The zero-order valence-electron chi connectivity index (χ0n) is 11.7. The first-order valence-electron chi connectivity index (χ1n) is 5.85.